The number of nitrogens with one attached hydrogen (secondary N) is 1. The number of imidazole rings is 1. The van der Waals surface area contributed by atoms with E-state index in [0.29, 0.717) is 25.6 Å². The summed E-state index contributed by atoms with van der Waals surface area (Å²) < 4.78 is 13.7. The summed E-state index contributed by atoms with van der Waals surface area (Å²) in [5.41, 5.74) is 8.39. The van der Waals surface area contributed by atoms with Crippen LogP contribution in [-0.2, 0) is 21.8 Å². The van der Waals surface area contributed by atoms with E-state index in [1.54, 1.807) is 11.8 Å². The largest absolute Gasteiger partial charge is 0.491 e. The van der Waals surface area contributed by atoms with Crippen molar-refractivity contribution in [3.05, 3.63) is 95.6 Å². The summed E-state index contributed by atoms with van der Waals surface area (Å²) in [7, 11) is 0. The van der Waals surface area contributed by atoms with Gasteiger partial charge >= 0.3 is 0 Å². The summed E-state index contributed by atoms with van der Waals surface area (Å²) in [5, 5.41) is 3.17. The number of carbonyl (C=O) groups excluding carboxylic acids is 1. The summed E-state index contributed by atoms with van der Waals surface area (Å²) in [4.78, 5) is 21.8. The van der Waals surface area contributed by atoms with Gasteiger partial charge < -0.3 is 24.3 Å². The van der Waals surface area contributed by atoms with Gasteiger partial charge in [0.1, 0.15) is 12.4 Å². The van der Waals surface area contributed by atoms with E-state index in [-0.39, 0.29) is 5.91 Å². The molecule has 1 N–H and O–H groups in total. The van der Waals surface area contributed by atoms with E-state index in [2.05, 4.69) is 103 Å². The highest BCUT2D eigenvalue weighted by Crippen LogP contribution is 2.34. The van der Waals surface area contributed by atoms with Gasteiger partial charge in [-0.15, -0.1) is 11.8 Å². The molecule has 0 saturated heterocycles. The molecule has 49 heavy (non-hydrogen) atoms. The van der Waals surface area contributed by atoms with E-state index in [1.165, 1.54) is 11.4 Å². The molecule has 8 heteroatoms. The lowest BCUT2D eigenvalue weighted by atomic mass is 10.00. The maximum atomic E-state index is 13.7. The Labute approximate surface area is 297 Å². The smallest absolute Gasteiger partial charge is 0.251 e. The molecule has 0 saturated carbocycles. The summed E-state index contributed by atoms with van der Waals surface area (Å²) >= 11 is 1.79. The van der Waals surface area contributed by atoms with E-state index in [0.717, 1.165) is 95.5 Å². The minimum absolute atomic E-state index is 0.0533. The number of carbonyl (C=O) groups is 1. The number of fused-ring (bicyclic) bond motifs is 1. The van der Waals surface area contributed by atoms with Crippen LogP contribution < -0.4 is 15.0 Å². The number of nitrogens with zero attached hydrogens (tertiary/aromatic N) is 3. The Balaban J connectivity index is 1.26. The van der Waals surface area contributed by atoms with Gasteiger partial charge in [0.15, 0.2) is 0 Å². The predicted molar refractivity (Wildman–Crippen MR) is 205 cm³/mol. The Bertz CT molecular complexity index is 1680. The number of aromatic nitrogens is 2. The van der Waals surface area contributed by atoms with Gasteiger partial charge in [-0.2, -0.15) is 0 Å². The van der Waals surface area contributed by atoms with Crippen molar-refractivity contribution in [1.29, 1.82) is 0 Å². The van der Waals surface area contributed by atoms with Crippen molar-refractivity contribution in [2.75, 3.05) is 43.1 Å². The highest BCUT2D eigenvalue weighted by molar-refractivity contribution is 7.98. The van der Waals surface area contributed by atoms with Crippen LogP contribution in [0.4, 0.5) is 11.4 Å². The lowest BCUT2D eigenvalue weighted by Gasteiger charge is -2.27. The second kappa shape index (κ2) is 18.1. The second-order valence-corrected chi connectivity index (χ2v) is 14.2. The van der Waals surface area contributed by atoms with E-state index in [9.17, 15) is 4.79 Å². The van der Waals surface area contributed by atoms with Crippen LogP contribution in [-0.4, -0.2) is 48.4 Å². The molecule has 0 bridgehead atoms. The van der Waals surface area contributed by atoms with Gasteiger partial charge in [0.2, 0.25) is 0 Å². The van der Waals surface area contributed by atoms with E-state index < -0.39 is 0 Å². The van der Waals surface area contributed by atoms with Gasteiger partial charge in [0.05, 0.1) is 24.3 Å². The van der Waals surface area contributed by atoms with Crippen molar-refractivity contribution >= 4 is 35.1 Å². The maximum Gasteiger partial charge on any atom is 0.251 e. The van der Waals surface area contributed by atoms with E-state index in [1.807, 2.05) is 30.6 Å². The average Bonchev–Trinajstić information content (AvgIpc) is 3.34. The van der Waals surface area contributed by atoms with Gasteiger partial charge in [0, 0.05) is 53.8 Å². The number of anilines is 2. The highest BCUT2D eigenvalue weighted by atomic mass is 32.2. The number of benzene rings is 3. The molecule has 1 amide bonds. The Morgan fingerprint density at radius 2 is 1.73 bits per heavy atom. The van der Waals surface area contributed by atoms with Gasteiger partial charge in [-0.25, -0.2) is 4.98 Å². The first-order chi connectivity index (χ1) is 23.8. The van der Waals surface area contributed by atoms with Gasteiger partial charge in [-0.1, -0.05) is 52.3 Å². The number of unbranched alkanes of at least 4 members (excludes halogenated alkanes) is 1. The standard InChI is InChI=1S/C41H52N4O3S/c1-6-8-22-47-23-24-48-37-14-9-32(10-15-37)33-11-18-39-35(25-33)26-34(19-21-44(39)27-30(3)4)41(46)43-36-12-16-38(17-13-36)49-28-40-31(5)42-29-45(40)20-7-2/h9-18,25-26,29-30H,6-8,19-24,27-28H2,1-5H3,(H,43,46). The third-order valence-corrected chi connectivity index (χ3v) is 9.68. The fourth-order valence-corrected chi connectivity index (χ4v) is 7.03. The van der Waals surface area contributed by atoms with Crippen LogP contribution in [0.5, 0.6) is 5.75 Å². The lowest BCUT2D eigenvalue weighted by Crippen LogP contribution is -2.29. The molecule has 1 aliphatic heterocycles. The molecular weight excluding hydrogens is 629 g/mol. The zero-order valence-corrected chi connectivity index (χ0v) is 30.7. The molecule has 0 unspecified atom stereocenters. The summed E-state index contributed by atoms with van der Waals surface area (Å²) in [6.07, 6.45) is 7.99. The molecule has 2 heterocycles. The van der Waals surface area contributed by atoms with Gasteiger partial charge in [0.25, 0.3) is 5.91 Å². The van der Waals surface area contributed by atoms with Crippen molar-refractivity contribution < 1.29 is 14.3 Å². The van der Waals surface area contributed by atoms with Crippen LogP contribution >= 0.6 is 11.8 Å². The summed E-state index contributed by atoms with van der Waals surface area (Å²) in [5.74, 6) is 2.15. The Hall–Kier alpha value is -4.01. The van der Waals surface area contributed by atoms with Crippen LogP contribution in [0.3, 0.4) is 0 Å². The Morgan fingerprint density at radius 1 is 0.959 bits per heavy atom. The van der Waals surface area contributed by atoms with E-state index >= 15 is 0 Å². The van der Waals surface area contributed by atoms with Crippen molar-refractivity contribution in [1.82, 2.24) is 9.55 Å². The molecule has 0 spiro atoms. The Morgan fingerprint density at radius 3 is 2.47 bits per heavy atom. The lowest BCUT2D eigenvalue weighted by molar-refractivity contribution is -0.112. The molecule has 0 radical (unpaired) electrons. The van der Waals surface area contributed by atoms with Crippen LogP contribution in [0.25, 0.3) is 17.2 Å². The molecule has 0 atom stereocenters. The highest BCUT2D eigenvalue weighted by Gasteiger charge is 2.21. The molecule has 5 rings (SSSR count). The molecule has 0 fully saturated rings. The quantitative estimate of drug-likeness (QED) is 0.0885. The Kier molecular flexibility index (Phi) is 13.4. The fraction of sp³-hybridized carbons (Fsp3) is 0.415. The zero-order valence-electron chi connectivity index (χ0n) is 29.8. The number of ether oxygens (including phenoxy) is 2. The normalized spacial score (nSPS) is 12.9. The topological polar surface area (TPSA) is 68.6 Å². The number of thioether (sulfide) groups is 1. The first-order valence-corrected chi connectivity index (χ1v) is 18.8. The van der Waals surface area contributed by atoms with Crippen molar-refractivity contribution in [2.24, 2.45) is 5.92 Å². The number of amides is 1. The maximum absolute atomic E-state index is 13.7. The monoisotopic (exact) mass is 680 g/mol. The van der Waals surface area contributed by atoms with Gasteiger partial charge in [-0.05, 0) is 103 Å². The molecule has 1 aromatic heterocycles. The van der Waals surface area contributed by atoms with Crippen LogP contribution in [0, 0.1) is 12.8 Å². The third kappa shape index (κ3) is 10.2. The molecule has 7 nitrogen and oxygen atoms in total. The van der Waals surface area contributed by atoms with Gasteiger partial charge in [-0.3, -0.25) is 4.79 Å². The SMILES string of the molecule is CCCCOCCOc1ccc(-c2ccc3c(c2)C=C(C(=O)Nc2ccc(SCc4c(C)ncn4CCC)cc2)CCN3CC(C)C)cc1. The molecular formula is C41H52N4O3S. The molecule has 260 valence electrons. The average molecular weight is 681 g/mol. The van der Waals surface area contributed by atoms with Crippen molar-refractivity contribution in [3.63, 3.8) is 0 Å². The zero-order chi connectivity index (χ0) is 34.6. The van der Waals surface area contributed by atoms with Crippen LogP contribution in [0.15, 0.2) is 83.5 Å². The summed E-state index contributed by atoms with van der Waals surface area (Å²) in [6.45, 7) is 15.5. The first kappa shape index (κ1) is 36.3. The molecule has 4 aromatic rings. The predicted octanol–water partition coefficient (Wildman–Crippen LogP) is 9.64. The van der Waals surface area contributed by atoms with E-state index in [4.69, 9.17) is 9.47 Å². The molecule has 3 aromatic carbocycles. The fourth-order valence-electron chi connectivity index (χ4n) is 6.02. The van der Waals surface area contributed by atoms with Crippen LogP contribution in [0.1, 0.15) is 70.3 Å². The summed E-state index contributed by atoms with van der Waals surface area (Å²) in [6, 6.07) is 23.0. The van der Waals surface area contributed by atoms with Crippen LogP contribution in [0.2, 0.25) is 0 Å². The number of rotatable bonds is 17. The number of hydrogen-bond acceptors (Lipinski definition) is 6. The number of aryl methyl sites for hydroxylation is 2. The minimum Gasteiger partial charge on any atom is -0.491 e. The third-order valence-electron chi connectivity index (χ3n) is 8.66. The molecule has 0 aliphatic carbocycles. The first-order valence-electron chi connectivity index (χ1n) is 17.8. The number of hydrogen-bond donors (Lipinski definition) is 1. The molecule has 1 aliphatic rings. The van der Waals surface area contributed by atoms with Crippen molar-refractivity contribution in [3.8, 4) is 16.9 Å². The van der Waals surface area contributed by atoms with Crippen molar-refractivity contribution in [2.45, 2.75) is 77.5 Å². The minimum atomic E-state index is -0.0533. The second-order valence-electron chi connectivity index (χ2n) is 13.1.